The minimum atomic E-state index is -0.426. The van der Waals surface area contributed by atoms with Gasteiger partial charge in [-0.2, -0.15) is 0 Å². The molecule has 3 heteroatoms. The van der Waals surface area contributed by atoms with Gasteiger partial charge in [0.05, 0.1) is 6.10 Å². The van der Waals surface area contributed by atoms with Gasteiger partial charge < -0.3 is 16.2 Å². The van der Waals surface area contributed by atoms with Crippen LogP contribution < -0.4 is 11.1 Å². The predicted octanol–water partition coefficient (Wildman–Crippen LogP) is 2.42. The minimum Gasteiger partial charge on any atom is -0.389 e. The van der Waals surface area contributed by atoms with E-state index in [9.17, 15) is 5.11 Å². The van der Waals surface area contributed by atoms with Crippen molar-refractivity contribution in [3.63, 3.8) is 0 Å². The van der Waals surface area contributed by atoms with Crippen LogP contribution in [0.4, 0.5) is 5.69 Å². The Morgan fingerprint density at radius 1 is 1.24 bits per heavy atom. The molecule has 94 valence electrons. The second-order valence-corrected chi connectivity index (χ2v) is 5.02. The van der Waals surface area contributed by atoms with Crippen LogP contribution in [0.15, 0.2) is 24.3 Å². The molecular weight excluding hydrogens is 212 g/mol. The molecule has 0 radical (unpaired) electrons. The Kier molecular flexibility index (Phi) is 4.02. The largest absolute Gasteiger partial charge is 0.389 e. The van der Waals surface area contributed by atoms with Gasteiger partial charge in [0.15, 0.2) is 0 Å². The highest BCUT2D eigenvalue weighted by Crippen LogP contribution is 2.26. The van der Waals surface area contributed by atoms with Crippen LogP contribution >= 0.6 is 0 Å². The molecule has 1 aliphatic rings. The van der Waals surface area contributed by atoms with Gasteiger partial charge in [0.1, 0.15) is 0 Å². The fourth-order valence-corrected chi connectivity index (χ4v) is 2.48. The van der Waals surface area contributed by atoms with Crippen LogP contribution in [0.25, 0.3) is 0 Å². The first-order chi connectivity index (χ1) is 8.16. The van der Waals surface area contributed by atoms with Crippen LogP contribution in [0.5, 0.6) is 0 Å². The highest BCUT2D eigenvalue weighted by molar-refractivity contribution is 5.52. The van der Waals surface area contributed by atoms with E-state index in [0.29, 0.717) is 12.1 Å². The Labute approximate surface area is 103 Å². The van der Waals surface area contributed by atoms with Gasteiger partial charge in [-0.05, 0) is 38.7 Å². The van der Waals surface area contributed by atoms with Gasteiger partial charge in [0.2, 0.25) is 0 Å². The molecule has 0 spiro atoms. The molecule has 1 fully saturated rings. The van der Waals surface area contributed by atoms with Gasteiger partial charge in [-0.25, -0.2) is 0 Å². The van der Waals surface area contributed by atoms with Crippen molar-refractivity contribution in [2.45, 2.75) is 50.8 Å². The first-order valence-corrected chi connectivity index (χ1v) is 6.46. The van der Waals surface area contributed by atoms with Crippen LogP contribution in [-0.4, -0.2) is 17.2 Å². The van der Waals surface area contributed by atoms with E-state index < -0.39 is 6.10 Å². The molecule has 1 aliphatic carbocycles. The van der Waals surface area contributed by atoms with Crippen molar-refractivity contribution in [2.75, 3.05) is 5.32 Å². The number of para-hydroxylation sites is 1. The molecule has 3 nitrogen and oxygen atoms in total. The lowest BCUT2D eigenvalue weighted by atomic mass is 9.91. The molecule has 0 heterocycles. The summed E-state index contributed by atoms with van der Waals surface area (Å²) in [5, 5.41) is 13.3. The quantitative estimate of drug-likeness (QED) is 0.752. The van der Waals surface area contributed by atoms with Crippen LogP contribution in [0, 0.1) is 0 Å². The molecule has 0 amide bonds. The fraction of sp³-hybridized carbons (Fsp3) is 0.571. The van der Waals surface area contributed by atoms with Gasteiger partial charge in [-0.15, -0.1) is 0 Å². The lowest BCUT2D eigenvalue weighted by Gasteiger charge is -2.28. The Bertz CT molecular complexity index is 357. The summed E-state index contributed by atoms with van der Waals surface area (Å²) in [6.45, 7) is 1.80. The molecule has 17 heavy (non-hydrogen) atoms. The maximum Gasteiger partial charge on any atom is 0.0781 e. The van der Waals surface area contributed by atoms with Crippen molar-refractivity contribution in [3.05, 3.63) is 29.8 Å². The number of aliphatic hydroxyl groups is 1. The third-order valence-electron chi connectivity index (χ3n) is 3.54. The third kappa shape index (κ3) is 3.20. The predicted molar refractivity (Wildman–Crippen MR) is 70.9 cm³/mol. The molecule has 0 aromatic heterocycles. The number of aliphatic hydroxyl groups excluding tert-OH is 1. The smallest absolute Gasteiger partial charge is 0.0781 e. The maximum absolute atomic E-state index is 9.72. The highest BCUT2D eigenvalue weighted by Gasteiger charge is 2.19. The van der Waals surface area contributed by atoms with E-state index in [1.54, 1.807) is 6.92 Å². The van der Waals surface area contributed by atoms with E-state index in [4.69, 9.17) is 5.73 Å². The van der Waals surface area contributed by atoms with Crippen molar-refractivity contribution in [2.24, 2.45) is 5.73 Å². The van der Waals surface area contributed by atoms with Gasteiger partial charge in [-0.3, -0.25) is 0 Å². The molecule has 0 aliphatic heterocycles. The second kappa shape index (κ2) is 5.52. The van der Waals surface area contributed by atoms with Gasteiger partial charge >= 0.3 is 0 Å². The van der Waals surface area contributed by atoms with Crippen LogP contribution in [0.1, 0.15) is 44.3 Å². The second-order valence-electron chi connectivity index (χ2n) is 5.02. The lowest BCUT2D eigenvalue weighted by Crippen LogP contribution is -2.33. The van der Waals surface area contributed by atoms with E-state index in [1.807, 2.05) is 24.3 Å². The average Bonchev–Trinajstić information content (AvgIpc) is 2.32. The number of benzene rings is 1. The van der Waals surface area contributed by atoms with E-state index >= 15 is 0 Å². The summed E-state index contributed by atoms with van der Waals surface area (Å²) in [6, 6.07) is 8.85. The monoisotopic (exact) mass is 234 g/mol. The Morgan fingerprint density at radius 2 is 1.88 bits per heavy atom. The van der Waals surface area contributed by atoms with Gasteiger partial charge in [0, 0.05) is 23.3 Å². The number of anilines is 1. The first kappa shape index (κ1) is 12.4. The number of nitrogens with two attached hydrogens (primary N) is 1. The van der Waals surface area contributed by atoms with E-state index in [1.165, 1.54) is 0 Å². The standard InChI is InChI=1S/C14H22N2O/c1-10(17)13-4-2-3-5-14(13)16-12-8-6-11(15)7-9-12/h2-5,10-12,16-17H,6-9,15H2,1H3. The normalized spacial score (nSPS) is 26.5. The molecule has 2 rings (SSSR count). The van der Waals surface area contributed by atoms with Crippen LogP contribution in [0.2, 0.25) is 0 Å². The van der Waals surface area contributed by atoms with Crippen molar-refractivity contribution in [1.29, 1.82) is 0 Å². The summed E-state index contributed by atoms with van der Waals surface area (Å²) < 4.78 is 0. The Balaban J connectivity index is 2.03. The van der Waals surface area contributed by atoms with E-state index in [-0.39, 0.29) is 0 Å². The molecule has 1 unspecified atom stereocenters. The molecule has 1 aromatic rings. The summed E-state index contributed by atoms with van der Waals surface area (Å²) in [4.78, 5) is 0. The van der Waals surface area contributed by atoms with Gasteiger partial charge in [-0.1, -0.05) is 18.2 Å². The number of rotatable bonds is 3. The zero-order valence-corrected chi connectivity index (χ0v) is 10.4. The molecule has 0 bridgehead atoms. The first-order valence-electron chi connectivity index (χ1n) is 6.46. The minimum absolute atomic E-state index is 0.375. The summed E-state index contributed by atoms with van der Waals surface area (Å²) in [6.07, 6.45) is 4.00. The zero-order valence-electron chi connectivity index (χ0n) is 10.4. The zero-order chi connectivity index (χ0) is 12.3. The molecule has 1 aromatic carbocycles. The van der Waals surface area contributed by atoms with Crippen molar-refractivity contribution in [3.8, 4) is 0 Å². The Hall–Kier alpha value is -1.06. The SMILES string of the molecule is CC(O)c1ccccc1NC1CCC(N)CC1. The molecular formula is C14H22N2O. The summed E-state index contributed by atoms with van der Waals surface area (Å²) >= 11 is 0. The molecule has 1 saturated carbocycles. The number of hydrogen-bond donors (Lipinski definition) is 3. The summed E-state index contributed by atoms with van der Waals surface area (Å²) in [7, 11) is 0. The van der Waals surface area contributed by atoms with E-state index in [0.717, 1.165) is 36.9 Å². The average molecular weight is 234 g/mol. The third-order valence-corrected chi connectivity index (χ3v) is 3.54. The summed E-state index contributed by atoms with van der Waals surface area (Å²) in [5.74, 6) is 0. The van der Waals surface area contributed by atoms with Crippen LogP contribution in [0.3, 0.4) is 0 Å². The fourth-order valence-electron chi connectivity index (χ4n) is 2.48. The summed E-state index contributed by atoms with van der Waals surface area (Å²) in [5.41, 5.74) is 7.93. The van der Waals surface area contributed by atoms with Gasteiger partial charge in [0.25, 0.3) is 0 Å². The number of hydrogen-bond acceptors (Lipinski definition) is 3. The molecule has 0 saturated heterocycles. The molecule has 1 atom stereocenters. The van der Waals surface area contributed by atoms with Crippen molar-refractivity contribution in [1.82, 2.24) is 0 Å². The van der Waals surface area contributed by atoms with Crippen molar-refractivity contribution < 1.29 is 5.11 Å². The lowest BCUT2D eigenvalue weighted by molar-refractivity contribution is 0.200. The maximum atomic E-state index is 9.72. The highest BCUT2D eigenvalue weighted by atomic mass is 16.3. The topological polar surface area (TPSA) is 58.3 Å². The molecule has 4 N–H and O–H groups in total. The number of nitrogens with one attached hydrogen (secondary N) is 1. The van der Waals surface area contributed by atoms with E-state index in [2.05, 4.69) is 5.32 Å². The van der Waals surface area contributed by atoms with Crippen molar-refractivity contribution >= 4 is 5.69 Å². The Morgan fingerprint density at radius 3 is 2.53 bits per heavy atom. The van der Waals surface area contributed by atoms with Crippen LogP contribution in [-0.2, 0) is 0 Å².